The molecule has 12 nitrogen and oxygen atoms in total. The lowest BCUT2D eigenvalue weighted by Gasteiger charge is -2.39. The number of Topliss-reactive ketones (excluding diaryl/α,β-unsaturated/α-hetero) is 2. The van der Waals surface area contributed by atoms with Gasteiger partial charge in [0.2, 0.25) is 21.8 Å². The van der Waals surface area contributed by atoms with Crippen LogP contribution in [0.25, 0.3) is 32.0 Å². The zero-order chi connectivity index (χ0) is 45.3. The van der Waals surface area contributed by atoms with E-state index in [1.54, 1.807) is 12.1 Å². The third-order valence-corrected chi connectivity index (χ3v) is 13.3. The first-order valence-corrected chi connectivity index (χ1v) is 20.7. The van der Waals surface area contributed by atoms with E-state index in [2.05, 4.69) is 19.7 Å². The van der Waals surface area contributed by atoms with Gasteiger partial charge in [-0.05, 0) is 75.2 Å². The van der Waals surface area contributed by atoms with E-state index in [0.717, 1.165) is 46.9 Å². The van der Waals surface area contributed by atoms with Gasteiger partial charge in [0, 0.05) is 45.3 Å². The Labute approximate surface area is 367 Å². The summed E-state index contributed by atoms with van der Waals surface area (Å²) in [4.78, 5) is 53.5. The number of allylic oxidation sites excluding steroid dienone is 10. The number of rotatable bonds is 2. The smallest absolute Gasteiger partial charge is 0.271 e. The molecule has 2 aromatic carbocycles. The Morgan fingerprint density at radius 2 is 1.02 bits per heavy atom. The van der Waals surface area contributed by atoms with Gasteiger partial charge in [-0.15, -0.1) is 0 Å². The van der Waals surface area contributed by atoms with Crippen LogP contribution >= 0.6 is 22.7 Å². The first kappa shape index (κ1) is 40.2. The van der Waals surface area contributed by atoms with Gasteiger partial charge in [-0.3, -0.25) is 9.59 Å². The topological polar surface area (TPSA) is 159 Å². The summed E-state index contributed by atoms with van der Waals surface area (Å²) < 4.78 is 70.5. The number of nitrogens with zero attached hydrogens (tertiary/aromatic N) is 8. The van der Waals surface area contributed by atoms with Crippen LogP contribution in [0, 0.1) is 70.9 Å². The summed E-state index contributed by atoms with van der Waals surface area (Å²) in [5.74, 6) is -6.07. The molecule has 18 heteroatoms. The van der Waals surface area contributed by atoms with Crippen molar-refractivity contribution >= 4 is 78.2 Å². The highest BCUT2D eigenvalue weighted by Gasteiger charge is 2.45. The van der Waals surface area contributed by atoms with E-state index in [1.807, 2.05) is 52.0 Å². The zero-order valence-electron chi connectivity index (χ0n) is 33.3. The molecule has 64 heavy (non-hydrogen) atoms. The highest BCUT2D eigenvalue weighted by atomic mass is 32.1. The van der Waals surface area contributed by atoms with Crippen molar-refractivity contribution in [2.75, 3.05) is 0 Å². The standard InChI is InChI=1S/C46H22F4N8O4S2/c1-45(2)41-39(63-43(57-41)55-35-33(29(15-51)53-5)19-11-25(47)27(49)13-21(19)37(35)59)23-7-18-10-32-24(8-17(18)9-31(23)61-45)40-42(46(3,4)62-32)58-44(64-40)56-36-34(30(16-52)54-6)20-12-26(48)28(50)14-22(20)38(36)60/h7-14,17-18H,1-4H3/b33-29+,34-30?,55-35?,56-36?. The second kappa shape index (κ2) is 13.8. The SMILES string of the molecule is [C-]#[N+]C(C#N)=C1C(=Nc2nc3c(s2)C2=CC4C=C5OC(C)(C)c6nc(N=C7C(=O)c8cc(F)c(F)cc8/C7=C(/C#N)[N+]#[C-])sc6C5=CC4C=C2OC3(C)C)C(=O)c2cc(F)c(F)cc21. The van der Waals surface area contributed by atoms with E-state index in [9.17, 15) is 37.7 Å². The molecule has 10 rings (SSSR count). The molecule has 4 aromatic rings. The van der Waals surface area contributed by atoms with Crippen LogP contribution in [0.15, 0.2) is 81.5 Å². The fourth-order valence-corrected chi connectivity index (χ4v) is 10.7. The largest absolute Gasteiger partial charge is 0.481 e. The average Bonchev–Trinajstić information content (AvgIpc) is 4.00. The Morgan fingerprint density at radius 1 is 0.656 bits per heavy atom. The first-order valence-electron chi connectivity index (χ1n) is 19.1. The maximum absolute atomic E-state index is 14.4. The molecule has 2 unspecified atom stereocenters. The van der Waals surface area contributed by atoms with Crippen LogP contribution in [0.1, 0.15) is 80.7 Å². The Kier molecular flexibility index (Phi) is 8.67. The molecule has 0 amide bonds. The molecule has 2 aromatic heterocycles. The summed E-state index contributed by atoms with van der Waals surface area (Å²) in [6, 6.07) is 6.46. The zero-order valence-corrected chi connectivity index (χ0v) is 34.9. The number of ketones is 2. The number of aromatic nitrogens is 2. The van der Waals surface area contributed by atoms with Crippen molar-refractivity contribution in [2.45, 2.75) is 38.9 Å². The van der Waals surface area contributed by atoms with Crippen LogP contribution in [-0.2, 0) is 20.7 Å². The van der Waals surface area contributed by atoms with E-state index in [1.165, 1.54) is 0 Å². The number of hydrogen-bond donors (Lipinski definition) is 0. The predicted molar refractivity (Wildman–Crippen MR) is 225 cm³/mol. The van der Waals surface area contributed by atoms with Crippen LogP contribution < -0.4 is 0 Å². The van der Waals surface area contributed by atoms with Crippen LogP contribution in [0.3, 0.4) is 0 Å². The van der Waals surface area contributed by atoms with Gasteiger partial charge in [-0.25, -0.2) is 57.7 Å². The van der Waals surface area contributed by atoms with Gasteiger partial charge in [0.05, 0.1) is 35.0 Å². The van der Waals surface area contributed by atoms with Crippen molar-refractivity contribution in [3.05, 3.63) is 161 Å². The highest BCUT2D eigenvalue weighted by molar-refractivity contribution is 7.17. The number of halogens is 4. The molecule has 0 N–H and O–H groups in total. The number of nitriles is 2. The quantitative estimate of drug-likeness (QED) is 0.109. The molecule has 2 atom stereocenters. The van der Waals surface area contributed by atoms with Crippen molar-refractivity contribution in [2.24, 2.45) is 21.8 Å². The average molecular weight is 891 g/mol. The number of carbonyl (C=O) groups is 2. The van der Waals surface area contributed by atoms with Gasteiger partial charge in [-0.2, -0.15) is 0 Å². The Hall–Kier alpha value is -7.90. The molecular formula is C46H22F4N8O4S2. The number of hydrogen-bond acceptors (Lipinski definition) is 12. The van der Waals surface area contributed by atoms with Gasteiger partial charge in [0.1, 0.15) is 45.5 Å². The molecule has 310 valence electrons. The fraction of sp³-hybridized carbons (Fsp3) is 0.174. The van der Waals surface area contributed by atoms with Gasteiger partial charge in [0.15, 0.2) is 23.3 Å². The molecule has 4 heterocycles. The Morgan fingerprint density at radius 3 is 1.36 bits per heavy atom. The Bertz CT molecular complexity index is 3180. The second-order valence-electron chi connectivity index (χ2n) is 16.0. The monoisotopic (exact) mass is 890 g/mol. The molecule has 4 aliphatic carbocycles. The molecule has 0 radical (unpaired) electrons. The molecule has 2 aliphatic heterocycles. The third-order valence-electron chi connectivity index (χ3n) is 11.3. The number of thiazole rings is 2. The molecular weight excluding hydrogens is 869 g/mol. The van der Waals surface area contributed by atoms with Crippen molar-refractivity contribution < 1.29 is 36.6 Å². The van der Waals surface area contributed by atoms with Crippen LogP contribution in [0.2, 0.25) is 0 Å². The minimum absolute atomic E-state index is 0.0875. The fourth-order valence-electron chi connectivity index (χ4n) is 8.49. The van der Waals surface area contributed by atoms with Gasteiger partial charge in [-0.1, -0.05) is 34.8 Å². The lowest BCUT2D eigenvalue weighted by atomic mass is 9.77. The summed E-state index contributed by atoms with van der Waals surface area (Å²) in [6.45, 7) is 22.3. The van der Waals surface area contributed by atoms with E-state index in [4.69, 9.17) is 32.6 Å². The molecule has 0 spiro atoms. The van der Waals surface area contributed by atoms with Crippen molar-refractivity contribution in [1.29, 1.82) is 10.5 Å². The number of aliphatic imine (C=N–C) groups is 2. The number of benzene rings is 2. The van der Waals surface area contributed by atoms with Crippen LogP contribution in [0.4, 0.5) is 27.8 Å². The molecule has 0 bridgehead atoms. The van der Waals surface area contributed by atoms with Crippen LogP contribution in [0.5, 0.6) is 0 Å². The maximum atomic E-state index is 14.4. The van der Waals surface area contributed by atoms with Crippen molar-refractivity contribution in [1.82, 2.24) is 9.97 Å². The maximum Gasteiger partial charge on any atom is 0.271 e. The van der Waals surface area contributed by atoms with Gasteiger partial charge in [0.25, 0.3) is 11.4 Å². The summed E-state index contributed by atoms with van der Waals surface area (Å²) >= 11 is 2.28. The minimum atomic E-state index is -1.27. The molecule has 0 fully saturated rings. The third kappa shape index (κ3) is 5.81. The van der Waals surface area contributed by atoms with E-state index in [-0.39, 0.29) is 66.9 Å². The lowest BCUT2D eigenvalue weighted by molar-refractivity contribution is 0.0280. The van der Waals surface area contributed by atoms with Gasteiger partial charge < -0.3 is 9.47 Å². The lowest BCUT2D eigenvalue weighted by Crippen LogP contribution is -2.32. The van der Waals surface area contributed by atoms with Crippen molar-refractivity contribution in [3.8, 4) is 12.1 Å². The van der Waals surface area contributed by atoms with Crippen LogP contribution in [-0.4, -0.2) is 33.0 Å². The Balaban J connectivity index is 1.03. The van der Waals surface area contributed by atoms with Gasteiger partial charge >= 0.3 is 0 Å². The normalized spacial score (nSPS) is 23.1. The number of fused-ring (bicyclic) bond motifs is 9. The second-order valence-corrected chi connectivity index (χ2v) is 18.0. The van der Waals surface area contributed by atoms with E-state index in [0.29, 0.717) is 43.8 Å². The number of carbonyl (C=O) groups excluding carboxylic acids is 2. The molecule has 6 aliphatic rings. The first-order chi connectivity index (χ1) is 30.5. The summed E-state index contributed by atoms with van der Waals surface area (Å²) in [6.07, 6.45) is 7.94. The molecule has 0 saturated carbocycles. The van der Waals surface area contributed by atoms with Crippen molar-refractivity contribution in [3.63, 3.8) is 0 Å². The predicted octanol–water partition coefficient (Wildman–Crippen LogP) is 10.4. The van der Waals surface area contributed by atoms with E-state index < -0.39 is 57.4 Å². The highest BCUT2D eigenvalue weighted by Crippen LogP contribution is 2.55. The summed E-state index contributed by atoms with van der Waals surface area (Å²) in [7, 11) is 0. The minimum Gasteiger partial charge on any atom is -0.481 e. The summed E-state index contributed by atoms with van der Waals surface area (Å²) in [5.41, 5.74) is -2.46. The summed E-state index contributed by atoms with van der Waals surface area (Å²) in [5, 5.41) is 19.7. The van der Waals surface area contributed by atoms with E-state index >= 15 is 0 Å². The molecule has 0 saturated heterocycles. The number of ether oxygens (including phenoxy) is 2.